The Balaban J connectivity index is 2.21. The molecule has 0 amide bonds. The lowest BCUT2D eigenvalue weighted by Crippen LogP contribution is -1.83. The molecule has 2 aromatic carbocycles. The highest BCUT2D eigenvalue weighted by Gasteiger charge is 2.16. The van der Waals surface area contributed by atoms with Crippen molar-refractivity contribution in [3.8, 4) is 11.3 Å². The van der Waals surface area contributed by atoms with Crippen molar-refractivity contribution in [1.29, 1.82) is 0 Å². The van der Waals surface area contributed by atoms with Crippen LogP contribution in [0.1, 0.15) is 5.56 Å². The van der Waals surface area contributed by atoms with Crippen molar-refractivity contribution in [3.05, 3.63) is 65.2 Å². The topological polar surface area (TPSA) is 11.3 Å². The van der Waals surface area contributed by atoms with Gasteiger partial charge in [-0.1, -0.05) is 23.7 Å². The summed E-state index contributed by atoms with van der Waals surface area (Å²) in [5, 5.41) is 1.88. The normalized spacial score (nSPS) is 10.8. The van der Waals surface area contributed by atoms with Crippen molar-refractivity contribution in [2.24, 2.45) is 0 Å². The van der Waals surface area contributed by atoms with Crippen molar-refractivity contribution in [2.45, 2.75) is 6.92 Å². The number of rotatable bonds is 1. The largest absolute Gasteiger partial charge is 0.361 e. The van der Waals surface area contributed by atoms with Gasteiger partial charge in [0.15, 0.2) is 0 Å². The SMILES string of the molecule is Cc1cc(-c2ccc(Cl)cc2)[o+]c2ccccc12. The molecule has 0 atom stereocenters. The lowest BCUT2D eigenvalue weighted by Gasteiger charge is -1.97. The van der Waals surface area contributed by atoms with Crippen LogP contribution in [0.25, 0.3) is 22.3 Å². The number of benzene rings is 2. The Bertz CT molecular complexity index is 702. The molecule has 0 N–H and O–H groups in total. The van der Waals surface area contributed by atoms with Crippen LogP contribution in [0.4, 0.5) is 0 Å². The molecule has 0 radical (unpaired) electrons. The van der Waals surface area contributed by atoms with Crippen LogP contribution in [0.2, 0.25) is 5.02 Å². The van der Waals surface area contributed by atoms with E-state index in [-0.39, 0.29) is 0 Å². The summed E-state index contributed by atoms with van der Waals surface area (Å²) in [4.78, 5) is 0. The molecule has 88 valence electrons. The molecular weight excluding hydrogens is 244 g/mol. The zero-order valence-corrected chi connectivity index (χ0v) is 10.7. The zero-order chi connectivity index (χ0) is 12.5. The number of hydrogen-bond acceptors (Lipinski definition) is 0. The molecule has 1 heterocycles. The summed E-state index contributed by atoms with van der Waals surface area (Å²) in [5.41, 5.74) is 3.15. The Morgan fingerprint density at radius 1 is 0.944 bits per heavy atom. The average Bonchev–Trinajstić information content (AvgIpc) is 2.39. The molecule has 0 fully saturated rings. The smallest absolute Gasteiger partial charge is 0.207 e. The Hall–Kier alpha value is -1.86. The quantitative estimate of drug-likeness (QED) is 0.534. The Morgan fingerprint density at radius 2 is 1.67 bits per heavy atom. The Kier molecular flexibility index (Phi) is 2.77. The number of aryl methyl sites for hydroxylation is 1. The standard InChI is InChI=1S/C16H12ClO/c1-11-10-16(12-6-8-13(17)9-7-12)18-15-5-3-2-4-14(11)15/h2-10H,1H3/q+1. The van der Waals surface area contributed by atoms with Gasteiger partial charge in [-0.15, -0.1) is 0 Å². The monoisotopic (exact) mass is 255 g/mol. The Labute approximate surface area is 111 Å². The van der Waals surface area contributed by atoms with E-state index in [9.17, 15) is 0 Å². The van der Waals surface area contributed by atoms with Gasteiger partial charge in [-0.2, -0.15) is 0 Å². The van der Waals surface area contributed by atoms with E-state index in [4.69, 9.17) is 16.0 Å². The molecule has 3 rings (SSSR count). The van der Waals surface area contributed by atoms with Crippen molar-refractivity contribution >= 4 is 22.6 Å². The van der Waals surface area contributed by atoms with E-state index in [0.29, 0.717) is 0 Å². The summed E-state index contributed by atoms with van der Waals surface area (Å²) < 4.78 is 5.93. The third kappa shape index (κ3) is 1.98. The first-order chi connectivity index (χ1) is 8.74. The summed E-state index contributed by atoms with van der Waals surface area (Å²) in [7, 11) is 0. The van der Waals surface area contributed by atoms with Gasteiger partial charge < -0.3 is 0 Å². The highest BCUT2D eigenvalue weighted by molar-refractivity contribution is 6.30. The van der Waals surface area contributed by atoms with Crippen molar-refractivity contribution in [2.75, 3.05) is 0 Å². The molecule has 2 heteroatoms. The van der Waals surface area contributed by atoms with Gasteiger partial charge >= 0.3 is 11.3 Å². The van der Waals surface area contributed by atoms with Gasteiger partial charge in [0, 0.05) is 17.2 Å². The van der Waals surface area contributed by atoms with Crippen LogP contribution < -0.4 is 0 Å². The molecule has 1 nitrogen and oxygen atoms in total. The lowest BCUT2D eigenvalue weighted by molar-refractivity contribution is 0.619. The fourth-order valence-electron chi connectivity index (χ4n) is 2.06. The maximum absolute atomic E-state index is 5.93. The number of fused-ring (bicyclic) bond motifs is 1. The van der Waals surface area contributed by atoms with Crippen LogP contribution in [0, 0.1) is 6.92 Å². The molecule has 3 aromatic rings. The minimum atomic E-state index is 0.733. The second kappa shape index (κ2) is 4.43. The molecule has 0 bridgehead atoms. The number of hydrogen-bond donors (Lipinski definition) is 0. The van der Waals surface area contributed by atoms with Gasteiger partial charge in [-0.25, -0.2) is 4.42 Å². The van der Waals surface area contributed by atoms with Gasteiger partial charge in [-0.3, -0.25) is 0 Å². The molecule has 1 aromatic heterocycles. The van der Waals surface area contributed by atoms with Crippen LogP contribution in [-0.2, 0) is 0 Å². The van der Waals surface area contributed by atoms with E-state index < -0.39 is 0 Å². The maximum atomic E-state index is 5.93. The fraction of sp³-hybridized carbons (Fsp3) is 0.0625. The first-order valence-corrected chi connectivity index (χ1v) is 6.20. The minimum Gasteiger partial charge on any atom is -0.207 e. The predicted octanol–water partition coefficient (Wildman–Crippen LogP) is 5.34. The first-order valence-electron chi connectivity index (χ1n) is 5.82. The van der Waals surface area contributed by atoms with E-state index in [2.05, 4.69) is 19.1 Å². The van der Waals surface area contributed by atoms with Crippen molar-refractivity contribution < 1.29 is 4.42 Å². The molecule has 0 spiro atoms. The predicted molar refractivity (Wildman–Crippen MR) is 75.8 cm³/mol. The highest BCUT2D eigenvalue weighted by atomic mass is 35.5. The fourth-order valence-corrected chi connectivity index (χ4v) is 2.19. The van der Waals surface area contributed by atoms with Crippen LogP contribution in [-0.4, -0.2) is 0 Å². The summed E-state index contributed by atoms with van der Waals surface area (Å²) >= 11 is 5.89. The molecule has 0 aliphatic carbocycles. The molecule has 0 unspecified atom stereocenters. The highest BCUT2D eigenvalue weighted by Crippen LogP contribution is 2.28. The van der Waals surface area contributed by atoms with E-state index in [1.165, 1.54) is 5.56 Å². The van der Waals surface area contributed by atoms with E-state index in [1.54, 1.807) is 0 Å². The average molecular weight is 256 g/mol. The van der Waals surface area contributed by atoms with Crippen molar-refractivity contribution in [1.82, 2.24) is 0 Å². The maximum Gasteiger partial charge on any atom is 0.361 e. The second-order valence-electron chi connectivity index (χ2n) is 4.30. The van der Waals surface area contributed by atoms with Crippen LogP contribution in [0.5, 0.6) is 0 Å². The summed E-state index contributed by atoms with van der Waals surface area (Å²) in [6.45, 7) is 2.09. The van der Waals surface area contributed by atoms with Crippen LogP contribution in [0.3, 0.4) is 0 Å². The van der Waals surface area contributed by atoms with Gasteiger partial charge in [0.2, 0.25) is 0 Å². The molecule has 0 aliphatic heterocycles. The first kappa shape index (κ1) is 11.2. The Morgan fingerprint density at radius 3 is 2.44 bits per heavy atom. The lowest BCUT2D eigenvalue weighted by atomic mass is 10.1. The molecule has 0 saturated carbocycles. The van der Waals surface area contributed by atoms with Gasteiger partial charge in [0.1, 0.15) is 0 Å². The summed E-state index contributed by atoms with van der Waals surface area (Å²) in [5.74, 6) is 0.864. The van der Waals surface area contributed by atoms with Crippen LogP contribution in [0.15, 0.2) is 59.0 Å². The number of halogens is 1. The summed E-state index contributed by atoms with van der Waals surface area (Å²) in [6, 6.07) is 17.8. The van der Waals surface area contributed by atoms with Gasteiger partial charge in [0.05, 0.1) is 10.9 Å². The van der Waals surface area contributed by atoms with Crippen molar-refractivity contribution in [3.63, 3.8) is 0 Å². The number of para-hydroxylation sites is 1. The third-order valence-electron chi connectivity index (χ3n) is 3.01. The third-order valence-corrected chi connectivity index (χ3v) is 3.26. The second-order valence-corrected chi connectivity index (χ2v) is 4.73. The molecular formula is C16H12ClO+. The molecule has 0 saturated heterocycles. The van der Waals surface area contributed by atoms with E-state index >= 15 is 0 Å². The van der Waals surface area contributed by atoms with E-state index in [1.807, 2.05) is 42.5 Å². The molecule has 0 aliphatic rings. The van der Waals surface area contributed by atoms with Crippen LogP contribution >= 0.6 is 11.6 Å². The minimum absolute atomic E-state index is 0.733. The van der Waals surface area contributed by atoms with Gasteiger partial charge in [-0.05, 0) is 42.8 Å². The summed E-state index contributed by atoms with van der Waals surface area (Å²) in [6.07, 6.45) is 0. The van der Waals surface area contributed by atoms with Gasteiger partial charge in [0.25, 0.3) is 0 Å². The molecule has 18 heavy (non-hydrogen) atoms. The zero-order valence-electron chi connectivity index (χ0n) is 9.98. The van der Waals surface area contributed by atoms with E-state index in [0.717, 1.165) is 27.3 Å².